The molecule has 126 heavy (non-hydrogen) atoms. The van der Waals surface area contributed by atoms with E-state index >= 15 is 0 Å². The van der Waals surface area contributed by atoms with E-state index in [0.29, 0.717) is 0 Å². The second-order valence-electron chi connectivity index (χ2n) is 15.9. The van der Waals surface area contributed by atoms with Crippen LogP contribution in [0.1, 0.15) is 0 Å². The Morgan fingerprint density at radius 1 is 0.0714 bits per heavy atom. The summed E-state index contributed by atoms with van der Waals surface area (Å²) in [5.74, 6) is 0. The summed E-state index contributed by atoms with van der Waals surface area (Å²) in [6, 6.07) is 0. The van der Waals surface area contributed by atoms with Gasteiger partial charge in [0, 0.05) is 111 Å². The van der Waals surface area contributed by atoms with Crippen LogP contribution in [0.4, 0.5) is 0 Å². The number of hydrogen-bond acceptors (Lipinski definition) is 90. The Kier molecular flexibility index (Phi) is 56.0. The zero-order valence-corrected chi connectivity index (χ0v) is 88.1. The predicted octanol–water partition coefficient (Wildman–Crippen LogP) is -15.5. The van der Waals surface area contributed by atoms with Gasteiger partial charge in [-0.15, -0.1) is 0 Å². The van der Waals surface area contributed by atoms with Crippen molar-refractivity contribution in [1.29, 1.82) is 0 Å². The molecule has 0 saturated carbocycles. The minimum Gasteiger partial charge on any atom is -0.756 e. The van der Waals surface area contributed by atoms with E-state index in [2.05, 4.69) is 129 Å². The van der Waals surface area contributed by atoms with E-state index in [4.69, 9.17) is 0 Å². The molecule has 0 bridgehead atoms. The maximum absolute atomic E-state index is 11.0. The Balaban J connectivity index is -0.000000353. The molecule has 0 spiro atoms. The molecule has 0 aromatic carbocycles. The minimum atomic E-state index is -6.56. The summed E-state index contributed by atoms with van der Waals surface area (Å²) in [7, 11) is -197. The first-order valence-corrected chi connectivity index (χ1v) is 65.7. The van der Waals surface area contributed by atoms with Crippen LogP contribution in [0.2, 0.25) is 0 Å². The largest absolute Gasteiger partial charge is 0.756 e. The molecule has 0 aliphatic carbocycles. The molecule has 6 radical (unpaired) electrons. The summed E-state index contributed by atoms with van der Waals surface area (Å²) in [4.78, 5) is 329. The van der Waals surface area contributed by atoms with Crippen molar-refractivity contribution in [3.8, 4) is 0 Å². The van der Waals surface area contributed by atoms with Gasteiger partial charge in [-0.25, -0.2) is 129 Å². The van der Waals surface area contributed by atoms with Crippen LogP contribution in [0.15, 0.2) is 0 Å². The second-order valence-corrected chi connectivity index (χ2v) is 62.3. The number of hydrogen-bond donors (Lipinski definition) is 0. The zero-order valence-electron chi connectivity index (χ0n) is 52.8. The summed E-state index contributed by atoms with van der Waals surface area (Å²) < 4.78 is 417. The maximum atomic E-state index is 11.0. The van der Waals surface area contributed by atoms with Gasteiger partial charge in [-0.1, -0.05) is 0 Å². The van der Waals surface area contributed by atoms with Crippen LogP contribution in [0.25, 0.3) is 0 Å². The van der Waals surface area contributed by atoms with Crippen LogP contribution < -0.4 is 147 Å². The van der Waals surface area contributed by atoms with Gasteiger partial charge in [0.2, 0.25) is 0 Å². The van der Waals surface area contributed by atoms with Gasteiger partial charge >= 0.3 is 0 Å². The van der Waals surface area contributed by atoms with Crippen LogP contribution in [-0.2, 0) is 378 Å². The van der Waals surface area contributed by atoms with Gasteiger partial charge in [0.25, 0.3) is 235 Å². The summed E-state index contributed by atoms with van der Waals surface area (Å²) in [6.45, 7) is 0. The molecule has 0 amide bonds. The van der Waals surface area contributed by atoms with E-state index in [1.54, 1.807) is 0 Å². The summed E-state index contributed by atoms with van der Waals surface area (Å²) in [5, 5.41) is 0. The Morgan fingerprint density at radius 2 is 0.0873 bits per heavy atom. The van der Waals surface area contributed by atoms with Crippen molar-refractivity contribution in [1.82, 2.24) is 0 Å². The average molecular weight is 2670 g/mol. The zero-order chi connectivity index (χ0) is 96.2. The fourth-order valence-corrected chi connectivity index (χ4v) is 45.1. The molecule has 126 heteroatoms. The third kappa shape index (κ3) is 64.1. The van der Waals surface area contributed by atoms with E-state index < -0.39 is 235 Å². The average Bonchev–Trinajstić information content (AvgIpc) is 0.806. The Morgan fingerprint density at radius 3 is 0.103 bits per heavy atom. The van der Waals surface area contributed by atoms with E-state index in [1.165, 1.54) is 0 Å². The Labute approximate surface area is 753 Å². The molecule has 5 aliphatic heterocycles. The first-order chi connectivity index (χ1) is 51.2. The van der Waals surface area contributed by atoms with Crippen LogP contribution >= 0.6 is 235 Å². The van der Waals surface area contributed by atoms with E-state index in [9.17, 15) is 284 Å². The third-order valence-corrected chi connectivity index (χ3v) is 54.0. The first-order valence-electron chi connectivity index (χ1n) is 21.9. The molecule has 90 nitrogen and oxygen atoms in total. The molecule has 750 valence electrons. The van der Waals surface area contributed by atoms with Gasteiger partial charge in [0.05, 0.1) is 0 Å². The van der Waals surface area contributed by atoms with Gasteiger partial charge in [-0.05, 0) is 0 Å². The molecule has 0 atom stereocenters. The van der Waals surface area contributed by atoms with E-state index in [0.717, 1.165) is 0 Å². The van der Waals surface area contributed by atoms with Crippen molar-refractivity contribution in [3.05, 3.63) is 0 Å². The van der Waals surface area contributed by atoms with Crippen molar-refractivity contribution in [2.45, 2.75) is 0 Å². The molecule has 0 N–H and O–H groups in total. The molecular weight excluding hydrogens is 2670 g/mol. The summed E-state index contributed by atoms with van der Waals surface area (Å²) in [6.07, 6.45) is 0. The van der Waals surface area contributed by atoms with Gasteiger partial charge in [-0.2, -0.15) is 0 Å². The molecule has 5 heterocycles. The monoisotopic (exact) mass is 2670 g/mol. The molecule has 0 unspecified atom stereocenters. The van der Waals surface area contributed by atoms with Crippen molar-refractivity contribution >= 4 is 235 Å². The molecule has 5 rings (SSSR count). The van der Waals surface area contributed by atoms with Gasteiger partial charge < -0.3 is 147 Å². The fraction of sp³-hybridized carbons (Fsp3) is 0. The van der Waals surface area contributed by atoms with Crippen LogP contribution in [0.5, 0.6) is 0 Å². The number of phosphoric acid groups is 30. The van der Waals surface area contributed by atoms with Crippen LogP contribution in [0, 0.1) is 0 Å². The third-order valence-electron chi connectivity index (χ3n) is 6.00. The smallest absolute Gasteiger partial charge is 0.280 e. The second kappa shape index (κ2) is 48.8. The fourth-order valence-electron chi connectivity index (χ4n) is 4.12. The standard InChI is InChI=1S/5H6O18P6.6V/c5*1-19(2)13-20(3,4)15-22(7,8)17-24(11,12)18-23(9,10)16-21(5,6)14-19;;;;;;/h5*(H,1,2)(H,3,4)(H,5,6)(H,7,8)(H,9,10)(H,11,12);;;;;;/p-30. The minimum absolute atomic E-state index is 0. The maximum Gasteiger partial charge on any atom is 0.280 e. The van der Waals surface area contributed by atoms with Gasteiger partial charge in [0.15, 0.2) is 0 Å². The SMILES string of the molecule is O=P1([O-])OP(=O)([O-])OP(=O)([O-])OP(=O)([O-])OP(=O)([O-])OP(=O)([O-])O1.O=P1([O-])OP(=O)([O-])OP(=O)([O-])OP(=O)([O-])OP(=O)([O-])OP(=O)([O-])O1.O=P1([O-])OP(=O)([O-])OP(=O)([O-])OP(=O)([O-])OP(=O)([O-])OP(=O)([O-])O1.O=P1([O-])OP(=O)([O-])OP(=O)([O-])OP(=O)([O-])OP(=O)([O-])OP(=O)([O-])O1.O=P1([O-])OP(=O)([O-])OP(=O)([O-])OP(=O)([O-])OP(=O)([O-])OP(=O)([O-])O1.[V].[V].[V].[V].[V].[V]. The predicted molar refractivity (Wildman–Crippen MR) is 261 cm³/mol. The van der Waals surface area contributed by atoms with Crippen molar-refractivity contribution in [2.75, 3.05) is 0 Å². The van der Waals surface area contributed by atoms with E-state index in [1.807, 2.05) is 0 Å². The first kappa shape index (κ1) is 145. The quantitative estimate of drug-likeness (QED) is 0.203. The molecule has 0 aromatic heterocycles. The molecule has 0 aromatic rings. The van der Waals surface area contributed by atoms with Crippen LogP contribution in [-0.4, -0.2) is 0 Å². The van der Waals surface area contributed by atoms with Gasteiger partial charge in [-0.3, -0.25) is 137 Å². The van der Waals surface area contributed by atoms with E-state index in [-0.39, 0.29) is 111 Å². The Bertz CT molecular complexity index is 3670. The number of rotatable bonds is 0. The molecule has 5 fully saturated rings. The molecule has 5 aliphatic rings. The molecule has 5 saturated heterocycles. The van der Waals surface area contributed by atoms with Crippen molar-refractivity contribution in [3.63, 3.8) is 0 Å². The molecular formula is O90P30V6-30. The summed E-state index contributed by atoms with van der Waals surface area (Å²) in [5.41, 5.74) is 0. The van der Waals surface area contributed by atoms with Crippen molar-refractivity contribution in [2.24, 2.45) is 0 Å². The Hall–Kier alpha value is 8.01. The van der Waals surface area contributed by atoms with Gasteiger partial charge in [0.1, 0.15) is 0 Å². The normalized spacial score (nSPS) is 52.6. The summed E-state index contributed by atoms with van der Waals surface area (Å²) >= 11 is 0. The van der Waals surface area contributed by atoms with Crippen molar-refractivity contribution < 1.29 is 524 Å². The van der Waals surface area contributed by atoms with Crippen LogP contribution in [0.3, 0.4) is 0 Å². The topological polar surface area (TPSA) is 1480 Å².